The molecule has 0 aromatic heterocycles. The molecule has 0 fully saturated rings. The van der Waals surface area contributed by atoms with Crippen molar-refractivity contribution in [3.05, 3.63) is 59.1 Å². The SMILES string of the molecule is COc1cccc(NC(=S)NCCCSCc2ccc(Cl)cc2)c1. The van der Waals surface area contributed by atoms with Gasteiger partial charge in [-0.15, -0.1) is 0 Å². The zero-order valence-corrected chi connectivity index (χ0v) is 15.9. The monoisotopic (exact) mass is 380 g/mol. The summed E-state index contributed by atoms with van der Waals surface area (Å²) in [6, 6.07) is 15.7. The van der Waals surface area contributed by atoms with Gasteiger partial charge in [-0.25, -0.2) is 0 Å². The van der Waals surface area contributed by atoms with Crippen LogP contribution in [0.5, 0.6) is 5.75 Å². The zero-order valence-electron chi connectivity index (χ0n) is 13.5. The number of thioether (sulfide) groups is 1. The molecule has 2 aromatic rings. The van der Waals surface area contributed by atoms with Crippen LogP contribution in [0, 0.1) is 0 Å². The fourth-order valence-electron chi connectivity index (χ4n) is 2.02. The van der Waals surface area contributed by atoms with E-state index in [4.69, 9.17) is 28.6 Å². The highest BCUT2D eigenvalue weighted by Gasteiger charge is 1.99. The number of hydrogen-bond donors (Lipinski definition) is 2. The first-order valence-corrected chi connectivity index (χ1v) is 9.62. The molecule has 6 heteroatoms. The minimum atomic E-state index is 0.631. The highest BCUT2D eigenvalue weighted by atomic mass is 35.5. The molecule has 0 amide bonds. The Kier molecular flexibility index (Phi) is 8.22. The number of anilines is 1. The van der Waals surface area contributed by atoms with E-state index in [2.05, 4.69) is 22.8 Å². The van der Waals surface area contributed by atoms with E-state index < -0.39 is 0 Å². The number of hydrogen-bond acceptors (Lipinski definition) is 3. The number of ether oxygens (including phenoxy) is 1. The first-order chi connectivity index (χ1) is 11.7. The quantitative estimate of drug-likeness (QED) is 0.499. The molecule has 0 bridgehead atoms. The second-order valence-corrected chi connectivity index (χ2v) is 7.10. The van der Waals surface area contributed by atoms with Crippen molar-refractivity contribution in [3.63, 3.8) is 0 Å². The summed E-state index contributed by atoms with van der Waals surface area (Å²) in [6.45, 7) is 0.851. The van der Waals surface area contributed by atoms with Crippen LogP contribution in [0.25, 0.3) is 0 Å². The Balaban J connectivity index is 1.58. The molecule has 0 saturated carbocycles. The smallest absolute Gasteiger partial charge is 0.170 e. The zero-order chi connectivity index (χ0) is 17.2. The van der Waals surface area contributed by atoms with Gasteiger partial charge in [0.25, 0.3) is 0 Å². The Morgan fingerprint density at radius 1 is 1.21 bits per heavy atom. The fraction of sp³-hybridized carbons (Fsp3) is 0.278. The minimum absolute atomic E-state index is 0.631. The first kappa shape index (κ1) is 18.9. The lowest BCUT2D eigenvalue weighted by Crippen LogP contribution is -2.29. The Labute approximate surface area is 158 Å². The average molecular weight is 381 g/mol. The van der Waals surface area contributed by atoms with Crippen LogP contribution >= 0.6 is 35.6 Å². The predicted octanol–water partition coefficient (Wildman–Crippen LogP) is 4.96. The molecule has 2 rings (SSSR count). The van der Waals surface area contributed by atoms with Crippen LogP contribution in [-0.2, 0) is 5.75 Å². The second kappa shape index (κ2) is 10.4. The summed E-state index contributed by atoms with van der Waals surface area (Å²) in [7, 11) is 1.65. The van der Waals surface area contributed by atoms with Gasteiger partial charge in [0.15, 0.2) is 5.11 Å². The van der Waals surface area contributed by atoms with Gasteiger partial charge in [0, 0.05) is 29.1 Å². The van der Waals surface area contributed by atoms with Gasteiger partial charge in [0.2, 0.25) is 0 Å². The lowest BCUT2D eigenvalue weighted by atomic mass is 10.2. The van der Waals surface area contributed by atoms with Crippen LogP contribution in [-0.4, -0.2) is 24.5 Å². The molecular weight excluding hydrogens is 360 g/mol. The topological polar surface area (TPSA) is 33.3 Å². The molecule has 128 valence electrons. The summed E-state index contributed by atoms with van der Waals surface area (Å²) in [5.41, 5.74) is 2.22. The molecule has 24 heavy (non-hydrogen) atoms. The summed E-state index contributed by atoms with van der Waals surface area (Å²) < 4.78 is 5.19. The van der Waals surface area contributed by atoms with Crippen LogP contribution in [0.2, 0.25) is 5.02 Å². The van der Waals surface area contributed by atoms with E-state index in [0.717, 1.165) is 40.9 Å². The largest absolute Gasteiger partial charge is 0.497 e. The summed E-state index contributed by atoms with van der Waals surface area (Å²) in [5, 5.41) is 7.80. The molecule has 0 radical (unpaired) electrons. The number of methoxy groups -OCH3 is 1. The van der Waals surface area contributed by atoms with E-state index in [-0.39, 0.29) is 0 Å². The number of benzene rings is 2. The third-order valence-electron chi connectivity index (χ3n) is 3.26. The molecule has 2 aromatic carbocycles. The van der Waals surface area contributed by atoms with E-state index in [1.54, 1.807) is 7.11 Å². The molecule has 0 aliphatic carbocycles. The molecule has 0 saturated heterocycles. The minimum Gasteiger partial charge on any atom is -0.497 e. The lowest BCUT2D eigenvalue weighted by molar-refractivity contribution is 0.415. The fourth-order valence-corrected chi connectivity index (χ4v) is 3.29. The molecule has 0 atom stereocenters. The van der Waals surface area contributed by atoms with Crippen molar-refractivity contribution in [2.75, 3.05) is 24.7 Å². The second-order valence-electron chi connectivity index (χ2n) is 5.15. The Hall–Kier alpha value is -1.43. The summed E-state index contributed by atoms with van der Waals surface area (Å²) in [5.74, 6) is 2.89. The number of halogens is 1. The highest BCUT2D eigenvalue weighted by molar-refractivity contribution is 7.98. The number of nitrogens with one attached hydrogen (secondary N) is 2. The normalized spacial score (nSPS) is 10.2. The van der Waals surface area contributed by atoms with E-state index >= 15 is 0 Å². The van der Waals surface area contributed by atoms with Crippen LogP contribution in [0.4, 0.5) is 5.69 Å². The maximum absolute atomic E-state index is 5.88. The molecule has 2 N–H and O–H groups in total. The third kappa shape index (κ3) is 6.99. The average Bonchev–Trinajstić information content (AvgIpc) is 2.59. The summed E-state index contributed by atoms with van der Waals surface area (Å²) in [6.07, 6.45) is 1.05. The van der Waals surface area contributed by atoms with Gasteiger partial charge in [0.1, 0.15) is 5.75 Å². The van der Waals surface area contributed by atoms with Crippen molar-refractivity contribution in [1.82, 2.24) is 5.32 Å². The van der Waals surface area contributed by atoms with Crippen LogP contribution in [0.1, 0.15) is 12.0 Å². The molecule has 0 spiro atoms. The van der Waals surface area contributed by atoms with Crippen LogP contribution in [0.15, 0.2) is 48.5 Å². The van der Waals surface area contributed by atoms with Gasteiger partial charge in [-0.05, 0) is 54.2 Å². The number of rotatable bonds is 8. The first-order valence-electron chi connectivity index (χ1n) is 7.68. The molecular formula is C18H21ClN2OS2. The van der Waals surface area contributed by atoms with Gasteiger partial charge in [-0.1, -0.05) is 29.8 Å². The molecule has 0 heterocycles. The van der Waals surface area contributed by atoms with Gasteiger partial charge in [-0.2, -0.15) is 11.8 Å². The van der Waals surface area contributed by atoms with Crippen molar-refractivity contribution < 1.29 is 4.74 Å². The molecule has 3 nitrogen and oxygen atoms in total. The van der Waals surface area contributed by atoms with E-state index in [0.29, 0.717) is 5.11 Å². The van der Waals surface area contributed by atoms with E-state index in [9.17, 15) is 0 Å². The highest BCUT2D eigenvalue weighted by Crippen LogP contribution is 2.17. The molecule has 0 aliphatic rings. The summed E-state index contributed by atoms with van der Waals surface area (Å²) >= 11 is 13.1. The predicted molar refractivity (Wildman–Crippen MR) is 109 cm³/mol. The van der Waals surface area contributed by atoms with E-state index in [1.165, 1.54) is 5.56 Å². The van der Waals surface area contributed by atoms with Crippen molar-refractivity contribution in [2.45, 2.75) is 12.2 Å². The van der Waals surface area contributed by atoms with Gasteiger partial charge in [0.05, 0.1) is 7.11 Å². The van der Waals surface area contributed by atoms with Gasteiger partial charge < -0.3 is 15.4 Å². The van der Waals surface area contributed by atoms with Crippen molar-refractivity contribution in [2.24, 2.45) is 0 Å². The van der Waals surface area contributed by atoms with Gasteiger partial charge >= 0.3 is 0 Å². The third-order valence-corrected chi connectivity index (χ3v) is 4.87. The maximum atomic E-state index is 5.88. The standard InChI is InChI=1S/C18H21ClN2OS2/c1-22-17-5-2-4-16(12-17)21-18(23)20-10-3-11-24-13-14-6-8-15(19)9-7-14/h2,4-9,12H,3,10-11,13H2,1H3,(H2,20,21,23). The summed E-state index contributed by atoms with van der Waals surface area (Å²) in [4.78, 5) is 0. The molecule has 0 unspecified atom stereocenters. The van der Waals surface area contributed by atoms with E-state index in [1.807, 2.05) is 48.2 Å². The lowest BCUT2D eigenvalue weighted by Gasteiger charge is -2.11. The van der Waals surface area contributed by atoms with Crippen LogP contribution < -0.4 is 15.4 Å². The Bertz CT molecular complexity index is 650. The van der Waals surface area contributed by atoms with Gasteiger partial charge in [-0.3, -0.25) is 0 Å². The molecule has 0 aliphatic heterocycles. The van der Waals surface area contributed by atoms with Crippen molar-refractivity contribution >= 4 is 46.4 Å². The van der Waals surface area contributed by atoms with Crippen molar-refractivity contribution in [3.8, 4) is 5.75 Å². The maximum Gasteiger partial charge on any atom is 0.170 e. The number of thiocarbonyl (C=S) groups is 1. The Morgan fingerprint density at radius 3 is 2.75 bits per heavy atom. The van der Waals surface area contributed by atoms with Crippen LogP contribution in [0.3, 0.4) is 0 Å². The Morgan fingerprint density at radius 2 is 2.00 bits per heavy atom. The van der Waals surface area contributed by atoms with Crippen molar-refractivity contribution in [1.29, 1.82) is 0 Å².